The lowest BCUT2D eigenvalue weighted by molar-refractivity contribution is -0.119. The van der Waals surface area contributed by atoms with Crippen LogP contribution in [0.3, 0.4) is 0 Å². The van der Waals surface area contributed by atoms with Crippen LogP contribution in [0.1, 0.15) is 28.5 Å². The Labute approximate surface area is 158 Å². The minimum absolute atomic E-state index is 0.0774. The van der Waals surface area contributed by atoms with Crippen molar-refractivity contribution in [1.29, 1.82) is 0 Å². The first-order valence-corrected chi connectivity index (χ1v) is 10.0. The number of anilines is 1. The van der Waals surface area contributed by atoms with Crippen LogP contribution < -0.4 is 10.9 Å². The first kappa shape index (κ1) is 18.7. The summed E-state index contributed by atoms with van der Waals surface area (Å²) in [6.45, 7) is 4.04. The van der Waals surface area contributed by atoms with Gasteiger partial charge in [-0.25, -0.2) is 9.78 Å². The van der Waals surface area contributed by atoms with Crippen LogP contribution in [0, 0.1) is 12.8 Å². The molecule has 0 fully saturated rings. The minimum Gasteiger partial charge on any atom is -0.465 e. The van der Waals surface area contributed by atoms with E-state index in [0.29, 0.717) is 33.5 Å². The highest BCUT2D eigenvalue weighted by molar-refractivity contribution is 7.99. The lowest BCUT2D eigenvalue weighted by atomic mass is 10.1. The SMILES string of the molecule is CCc1c(C)nc2n(c1=O)C[C@@H](C(=O)Nc1sccc1C(=O)OC)CS2. The molecule has 3 heterocycles. The number of carbonyl (C=O) groups excluding carboxylic acids is 2. The van der Waals surface area contributed by atoms with Crippen LogP contribution in [0.25, 0.3) is 0 Å². The number of ether oxygens (including phenoxy) is 1. The summed E-state index contributed by atoms with van der Waals surface area (Å²) in [5, 5.41) is 5.63. The molecule has 2 aromatic heterocycles. The van der Waals surface area contributed by atoms with Gasteiger partial charge in [0.1, 0.15) is 5.00 Å². The van der Waals surface area contributed by atoms with Crippen molar-refractivity contribution in [1.82, 2.24) is 9.55 Å². The normalized spacial score (nSPS) is 16.0. The second-order valence-electron chi connectivity index (χ2n) is 5.88. The zero-order valence-electron chi connectivity index (χ0n) is 14.7. The third-order valence-corrected chi connectivity index (χ3v) is 6.25. The van der Waals surface area contributed by atoms with Crippen molar-refractivity contribution in [3.63, 3.8) is 0 Å². The number of hydrogen-bond donors (Lipinski definition) is 1. The average Bonchev–Trinajstić information content (AvgIpc) is 3.09. The van der Waals surface area contributed by atoms with Crippen LogP contribution in [0.5, 0.6) is 0 Å². The third-order valence-electron chi connectivity index (χ3n) is 4.28. The number of aryl methyl sites for hydroxylation is 1. The van der Waals surface area contributed by atoms with Gasteiger partial charge in [-0.3, -0.25) is 14.2 Å². The molecule has 0 unspecified atom stereocenters. The minimum atomic E-state index is -0.492. The summed E-state index contributed by atoms with van der Waals surface area (Å²) >= 11 is 2.66. The van der Waals surface area contributed by atoms with E-state index in [4.69, 9.17) is 4.74 Å². The fraction of sp³-hybridized carbons (Fsp3) is 0.412. The molecule has 1 N–H and O–H groups in total. The molecular formula is C17H19N3O4S2. The number of nitrogens with zero attached hydrogens (tertiary/aromatic N) is 2. The van der Waals surface area contributed by atoms with Gasteiger partial charge in [0.05, 0.1) is 18.6 Å². The van der Waals surface area contributed by atoms with Gasteiger partial charge in [-0.05, 0) is 24.8 Å². The molecule has 0 bridgehead atoms. The summed E-state index contributed by atoms with van der Waals surface area (Å²) < 4.78 is 6.30. The molecule has 0 saturated carbocycles. The van der Waals surface area contributed by atoms with Gasteiger partial charge in [-0.1, -0.05) is 18.7 Å². The molecule has 0 spiro atoms. The number of nitrogens with one attached hydrogen (secondary N) is 1. The zero-order chi connectivity index (χ0) is 18.8. The van der Waals surface area contributed by atoms with Gasteiger partial charge in [0.25, 0.3) is 5.56 Å². The first-order chi connectivity index (χ1) is 12.5. The van der Waals surface area contributed by atoms with Gasteiger partial charge in [0, 0.05) is 23.6 Å². The van der Waals surface area contributed by atoms with Crippen molar-refractivity contribution in [2.45, 2.75) is 32.0 Å². The van der Waals surface area contributed by atoms with E-state index in [0.717, 1.165) is 5.69 Å². The molecule has 26 heavy (non-hydrogen) atoms. The average molecular weight is 393 g/mol. The molecule has 1 aliphatic heterocycles. The Morgan fingerprint density at radius 3 is 2.92 bits per heavy atom. The Balaban J connectivity index is 1.81. The fourth-order valence-corrected chi connectivity index (χ4v) is 4.75. The maximum absolute atomic E-state index is 12.7. The number of methoxy groups -OCH3 is 1. The van der Waals surface area contributed by atoms with Gasteiger partial charge in [-0.15, -0.1) is 11.3 Å². The molecular weight excluding hydrogens is 374 g/mol. The lowest BCUT2D eigenvalue weighted by Crippen LogP contribution is -2.38. The van der Waals surface area contributed by atoms with E-state index >= 15 is 0 Å². The monoisotopic (exact) mass is 393 g/mol. The highest BCUT2D eigenvalue weighted by atomic mass is 32.2. The quantitative estimate of drug-likeness (QED) is 0.633. The molecule has 9 heteroatoms. The Bertz CT molecular complexity index is 919. The standard InChI is InChI=1S/C17H19N3O4S2/c1-4-11-9(2)18-17-20(15(11)22)7-10(8-26-17)13(21)19-14-12(5-6-25-14)16(23)24-3/h5-6,10H,4,7-8H2,1-3H3,(H,19,21)/t10-/m1/s1. The number of rotatable bonds is 4. The number of hydrogen-bond acceptors (Lipinski definition) is 7. The third kappa shape index (κ3) is 3.41. The molecule has 0 saturated heterocycles. The smallest absolute Gasteiger partial charge is 0.340 e. The molecule has 1 amide bonds. The van der Waals surface area contributed by atoms with Gasteiger partial charge in [0.2, 0.25) is 5.91 Å². The summed E-state index contributed by atoms with van der Waals surface area (Å²) in [5.74, 6) is -0.566. The summed E-state index contributed by atoms with van der Waals surface area (Å²) in [6, 6.07) is 1.61. The molecule has 7 nitrogen and oxygen atoms in total. The van der Waals surface area contributed by atoms with Crippen LogP contribution in [-0.2, 0) is 22.5 Å². The van der Waals surface area contributed by atoms with Crippen molar-refractivity contribution in [2.24, 2.45) is 5.92 Å². The summed E-state index contributed by atoms with van der Waals surface area (Å²) in [7, 11) is 1.30. The number of amides is 1. The van der Waals surface area contributed by atoms with Crippen LogP contribution in [0.15, 0.2) is 21.4 Å². The lowest BCUT2D eigenvalue weighted by Gasteiger charge is -2.25. The topological polar surface area (TPSA) is 90.3 Å². The van der Waals surface area contributed by atoms with Crippen molar-refractivity contribution in [2.75, 3.05) is 18.2 Å². The van der Waals surface area contributed by atoms with E-state index in [2.05, 4.69) is 10.3 Å². The largest absolute Gasteiger partial charge is 0.465 e. The molecule has 1 atom stereocenters. The van der Waals surface area contributed by atoms with Gasteiger partial charge in [0.15, 0.2) is 5.16 Å². The van der Waals surface area contributed by atoms with Crippen molar-refractivity contribution in [3.05, 3.63) is 38.6 Å². The van der Waals surface area contributed by atoms with Gasteiger partial charge >= 0.3 is 5.97 Å². The van der Waals surface area contributed by atoms with Gasteiger partial charge < -0.3 is 10.1 Å². The van der Waals surface area contributed by atoms with E-state index in [1.165, 1.54) is 30.2 Å². The van der Waals surface area contributed by atoms with Crippen LogP contribution in [-0.4, -0.2) is 34.3 Å². The predicted molar refractivity (Wildman–Crippen MR) is 101 cm³/mol. The Morgan fingerprint density at radius 1 is 1.46 bits per heavy atom. The predicted octanol–water partition coefficient (Wildman–Crippen LogP) is 2.32. The molecule has 3 rings (SSSR count). The van der Waals surface area contributed by atoms with E-state index in [1.54, 1.807) is 16.0 Å². The molecule has 0 radical (unpaired) electrons. The van der Waals surface area contributed by atoms with E-state index in [-0.39, 0.29) is 23.9 Å². The number of aromatic nitrogens is 2. The second-order valence-corrected chi connectivity index (χ2v) is 7.78. The molecule has 2 aromatic rings. The Hall–Kier alpha value is -2.13. The van der Waals surface area contributed by atoms with Crippen molar-refractivity contribution in [3.8, 4) is 0 Å². The fourth-order valence-electron chi connectivity index (χ4n) is 2.85. The number of esters is 1. The Morgan fingerprint density at radius 2 is 2.23 bits per heavy atom. The summed E-state index contributed by atoms with van der Waals surface area (Å²) in [5.41, 5.74) is 1.69. The van der Waals surface area contributed by atoms with Crippen molar-refractivity contribution >= 4 is 40.0 Å². The summed E-state index contributed by atoms with van der Waals surface area (Å²) in [6.07, 6.45) is 0.608. The molecule has 0 aliphatic carbocycles. The van der Waals surface area contributed by atoms with E-state index in [9.17, 15) is 14.4 Å². The number of thioether (sulfide) groups is 1. The maximum atomic E-state index is 12.7. The maximum Gasteiger partial charge on any atom is 0.340 e. The molecule has 138 valence electrons. The summed E-state index contributed by atoms with van der Waals surface area (Å²) in [4.78, 5) is 41.6. The number of thiophene rings is 1. The number of carbonyl (C=O) groups is 2. The van der Waals surface area contributed by atoms with Gasteiger partial charge in [-0.2, -0.15) is 0 Å². The van der Waals surface area contributed by atoms with Crippen LogP contribution in [0.4, 0.5) is 5.00 Å². The van der Waals surface area contributed by atoms with Crippen molar-refractivity contribution < 1.29 is 14.3 Å². The zero-order valence-corrected chi connectivity index (χ0v) is 16.3. The molecule has 1 aliphatic rings. The van der Waals surface area contributed by atoms with E-state index in [1.807, 2.05) is 13.8 Å². The Kier molecular flexibility index (Phi) is 5.47. The highest BCUT2D eigenvalue weighted by Crippen LogP contribution is 2.29. The molecule has 0 aromatic carbocycles. The van der Waals surface area contributed by atoms with Crippen LogP contribution >= 0.6 is 23.1 Å². The number of fused-ring (bicyclic) bond motifs is 1. The first-order valence-electron chi connectivity index (χ1n) is 8.16. The second kappa shape index (κ2) is 7.63. The van der Waals surface area contributed by atoms with Crippen LogP contribution in [0.2, 0.25) is 0 Å². The highest BCUT2D eigenvalue weighted by Gasteiger charge is 2.29. The van der Waals surface area contributed by atoms with E-state index < -0.39 is 5.97 Å².